The van der Waals surface area contributed by atoms with Crippen molar-refractivity contribution in [3.63, 3.8) is 0 Å². The molecule has 0 bridgehead atoms. The third kappa shape index (κ3) is 2.10. The molecule has 2 heterocycles. The van der Waals surface area contributed by atoms with E-state index in [0.29, 0.717) is 12.0 Å². The van der Waals surface area contributed by atoms with E-state index in [2.05, 4.69) is 46.4 Å². The molecule has 2 aliphatic rings. The largest absolute Gasteiger partial charge is 0.368 e. The monoisotopic (exact) mass is 254 g/mol. The van der Waals surface area contributed by atoms with Crippen molar-refractivity contribution in [2.45, 2.75) is 71.1 Å². The molecule has 3 heteroatoms. The molecule has 106 valence electrons. The minimum Gasteiger partial charge on any atom is -0.368 e. The Morgan fingerprint density at radius 1 is 1.11 bits per heavy atom. The summed E-state index contributed by atoms with van der Waals surface area (Å²) in [5.74, 6) is 0. The number of hydrogen-bond acceptors (Lipinski definition) is 3. The lowest BCUT2D eigenvalue weighted by Gasteiger charge is -2.46. The highest BCUT2D eigenvalue weighted by Gasteiger charge is 2.60. The number of nitrogens with two attached hydrogens (primary N) is 1. The first-order valence-corrected chi connectivity index (χ1v) is 7.19. The first-order chi connectivity index (χ1) is 8.04. The predicted octanol–water partition coefficient (Wildman–Crippen LogP) is 2.39. The van der Waals surface area contributed by atoms with Gasteiger partial charge in [0.15, 0.2) is 0 Å². The summed E-state index contributed by atoms with van der Waals surface area (Å²) in [6.45, 7) is 16.5. The van der Waals surface area contributed by atoms with Gasteiger partial charge in [-0.25, -0.2) is 0 Å². The van der Waals surface area contributed by atoms with Crippen LogP contribution in [-0.4, -0.2) is 41.3 Å². The molecule has 0 aromatic heterocycles. The molecule has 1 atom stereocenters. The van der Waals surface area contributed by atoms with Crippen LogP contribution in [0.3, 0.4) is 0 Å². The Balaban J connectivity index is 2.32. The van der Waals surface area contributed by atoms with Gasteiger partial charge in [0.2, 0.25) is 0 Å². The molecule has 0 radical (unpaired) electrons. The number of hydrogen-bond donors (Lipinski definition) is 1. The molecule has 0 aliphatic carbocycles. The Bertz CT molecular complexity index is 335. The SMILES string of the molecule is CC1(C)CCN(C2(CN)CC(C)(C)OC2(C)C)C1. The predicted molar refractivity (Wildman–Crippen MR) is 75.6 cm³/mol. The van der Waals surface area contributed by atoms with E-state index in [1.54, 1.807) is 0 Å². The average Bonchev–Trinajstić information content (AvgIpc) is 2.61. The Labute approximate surface area is 112 Å². The Morgan fingerprint density at radius 2 is 1.72 bits per heavy atom. The lowest BCUT2D eigenvalue weighted by atomic mass is 9.77. The zero-order valence-corrected chi connectivity index (χ0v) is 13.0. The highest BCUT2D eigenvalue weighted by atomic mass is 16.5. The van der Waals surface area contributed by atoms with Gasteiger partial charge in [-0.2, -0.15) is 0 Å². The maximum absolute atomic E-state index is 6.30. The fourth-order valence-corrected chi connectivity index (χ4v) is 4.16. The normalized spacial score (nSPS) is 38.2. The van der Waals surface area contributed by atoms with Crippen molar-refractivity contribution in [3.05, 3.63) is 0 Å². The van der Waals surface area contributed by atoms with Gasteiger partial charge in [0.25, 0.3) is 0 Å². The molecule has 2 rings (SSSR count). The third-order valence-electron chi connectivity index (χ3n) is 4.99. The zero-order chi connectivity index (χ0) is 13.8. The van der Waals surface area contributed by atoms with Gasteiger partial charge >= 0.3 is 0 Å². The Morgan fingerprint density at radius 3 is 2.06 bits per heavy atom. The molecule has 2 saturated heterocycles. The quantitative estimate of drug-likeness (QED) is 0.822. The van der Waals surface area contributed by atoms with Crippen molar-refractivity contribution in [1.29, 1.82) is 0 Å². The van der Waals surface area contributed by atoms with E-state index in [1.165, 1.54) is 6.42 Å². The molecule has 0 spiro atoms. The Hall–Kier alpha value is -0.120. The van der Waals surface area contributed by atoms with E-state index in [-0.39, 0.29) is 16.7 Å². The minimum absolute atomic E-state index is 0.00965. The zero-order valence-electron chi connectivity index (χ0n) is 13.0. The van der Waals surface area contributed by atoms with E-state index in [0.717, 1.165) is 19.5 Å². The van der Waals surface area contributed by atoms with Crippen LogP contribution in [-0.2, 0) is 4.74 Å². The molecule has 3 nitrogen and oxygen atoms in total. The Kier molecular flexibility index (Phi) is 3.13. The van der Waals surface area contributed by atoms with E-state index < -0.39 is 0 Å². The van der Waals surface area contributed by atoms with Gasteiger partial charge in [-0.15, -0.1) is 0 Å². The van der Waals surface area contributed by atoms with E-state index in [4.69, 9.17) is 10.5 Å². The summed E-state index contributed by atoms with van der Waals surface area (Å²) in [5, 5.41) is 0. The van der Waals surface area contributed by atoms with Crippen molar-refractivity contribution in [3.8, 4) is 0 Å². The molecule has 2 N–H and O–H groups in total. The van der Waals surface area contributed by atoms with Gasteiger partial charge < -0.3 is 10.5 Å². The molecular formula is C15H30N2O. The van der Waals surface area contributed by atoms with Crippen LogP contribution in [0.4, 0.5) is 0 Å². The maximum atomic E-state index is 6.30. The van der Waals surface area contributed by atoms with Gasteiger partial charge in [0.1, 0.15) is 0 Å². The topological polar surface area (TPSA) is 38.5 Å². The molecule has 2 aliphatic heterocycles. The van der Waals surface area contributed by atoms with Crippen LogP contribution >= 0.6 is 0 Å². The van der Waals surface area contributed by atoms with Crippen LogP contribution in [0.5, 0.6) is 0 Å². The van der Waals surface area contributed by atoms with Crippen LogP contribution < -0.4 is 5.73 Å². The fraction of sp³-hybridized carbons (Fsp3) is 1.00. The molecule has 0 aromatic rings. The van der Waals surface area contributed by atoms with Crippen molar-refractivity contribution in [2.24, 2.45) is 11.1 Å². The van der Waals surface area contributed by atoms with E-state index in [1.807, 2.05) is 0 Å². The highest BCUT2D eigenvalue weighted by molar-refractivity contribution is 5.14. The van der Waals surface area contributed by atoms with Gasteiger partial charge in [-0.1, -0.05) is 13.8 Å². The van der Waals surface area contributed by atoms with Gasteiger partial charge in [-0.05, 0) is 52.5 Å². The van der Waals surface area contributed by atoms with Crippen LogP contribution in [0, 0.1) is 5.41 Å². The second-order valence-electron chi connectivity index (χ2n) is 8.12. The van der Waals surface area contributed by atoms with Gasteiger partial charge in [-0.3, -0.25) is 4.90 Å². The maximum Gasteiger partial charge on any atom is 0.0830 e. The summed E-state index contributed by atoms with van der Waals surface area (Å²) in [5.41, 5.74) is 6.36. The van der Waals surface area contributed by atoms with Crippen LogP contribution in [0.2, 0.25) is 0 Å². The summed E-state index contributed by atoms with van der Waals surface area (Å²) in [6, 6.07) is 0. The molecule has 0 saturated carbocycles. The van der Waals surface area contributed by atoms with Crippen molar-refractivity contribution in [2.75, 3.05) is 19.6 Å². The molecule has 18 heavy (non-hydrogen) atoms. The third-order valence-corrected chi connectivity index (χ3v) is 4.99. The van der Waals surface area contributed by atoms with E-state index >= 15 is 0 Å². The van der Waals surface area contributed by atoms with Crippen molar-refractivity contribution < 1.29 is 4.74 Å². The second kappa shape index (κ2) is 3.94. The van der Waals surface area contributed by atoms with E-state index in [9.17, 15) is 0 Å². The number of ether oxygens (including phenoxy) is 1. The number of rotatable bonds is 2. The summed E-state index contributed by atoms with van der Waals surface area (Å²) in [7, 11) is 0. The fourth-order valence-electron chi connectivity index (χ4n) is 4.16. The summed E-state index contributed by atoms with van der Waals surface area (Å²) in [6.07, 6.45) is 2.28. The summed E-state index contributed by atoms with van der Waals surface area (Å²) >= 11 is 0. The standard InChI is InChI=1S/C15H30N2O/c1-12(2)7-8-17(11-12)15(10-16)9-13(3,4)18-14(15,5)6/h7-11,16H2,1-6H3. The molecule has 0 amide bonds. The lowest BCUT2D eigenvalue weighted by Crippen LogP contribution is -2.63. The van der Waals surface area contributed by atoms with Crippen LogP contribution in [0.1, 0.15) is 54.4 Å². The van der Waals surface area contributed by atoms with Crippen molar-refractivity contribution in [1.82, 2.24) is 4.90 Å². The van der Waals surface area contributed by atoms with Crippen molar-refractivity contribution >= 4 is 0 Å². The van der Waals surface area contributed by atoms with Crippen LogP contribution in [0.15, 0.2) is 0 Å². The number of nitrogens with zero attached hydrogens (tertiary/aromatic N) is 1. The first kappa shape index (κ1) is 14.3. The smallest absolute Gasteiger partial charge is 0.0830 e. The lowest BCUT2D eigenvalue weighted by molar-refractivity contribution is -0.101. The minimum atomic E-state index is -0.175. The number of likely N-dealkylation sites (tertiary alicyclic amines) is 1. The van der Waals surface area contributed by atoms with Crippen LogP contribution in [0.25, 0.3) is 0 Å². The molecule has 1 unspecified atom stereocenters. The average molecular weight is 254 g/mol. The second-order valence-corrected chi connectivity index (χ2v) is 8.12. The molecule has 2 fully saturated rings. The molecule has 0 aromatic carbocycles. The highest BCUT2D eigenvalue weighted by Crippen LogP contribution is 2.50. The van der Waals surface area contributed by atoms with Gasteiger partial charge in [0.05, 0.1) is 16.7 Å². The summed E-state index contributed by atoms with van der Waals surface area (Å²) in [4.78, 5) is 2.60. The first-order valence-electron chi connectivity index (χ1n) is 7.19. The summed E-state index contributed by atoms with van der Waals surface area (Å²) < 4.78 is 6.30. The molecular weight excluding hydrogens is 224 g/mol. The van der Waals surface area contributed by atoms with Gasteiger partial charge in [0, 0.05) is 13.1 Å².